The van der Waals surface area contributed by atoms with E-state index in [1.807, 2.05) is 44.4 Å². The molecule has 0 bridgehead atoms. The van der Waals surface area contributed by atoms with Gasteiger partial charge in [-0.05, 0) is 67.7 Å². The van der Waals surface area contributed by atoms with E-state index in [0.717, 1.165) is 12.1 Å². The van der Waals surface area contributed by atoms with Crippen LogP contribution in [0, 0.1) is 5.82 Å². The van der Waals surface area contributed by atoms with Crippen LogP contribution in [0.25, 0.3) is 0 Å². The van der Waals surface area contributed by atoms with Gasteiger partial charge < -0.3 is 19.7 Å². The Morgan fingerprint density at radius 1 is 1.00 bits per heavy atom. The fourth-order valence-electron chi connectivity index (χ4n) is 4.04. The van der Waals surface area contributed by atoms with E-state index in [2.05, 4.69) is 10.2 Å². The van der Waals surface area contributed by atoms with Crippen LogP contribution < -0.4 is 14.8 Å². The molecule has 0 aromatic heterocycles. The second-order valence-corrected chi connectivity index (χ2v) is 8.22. The predicted molar refractivity (Wildman–Crippen MR) is 125 cm³/mol. The van der Waals surface area contributed by atoms with Crippen LogP contribution in [0.1, 0.15) is 22.6 Å². The Hall–Kier alpha value is -3.97. The lowest BCUT2D eigenvalue weighted by Crippen LogP contribution is -2.22. The minimum absolute atomic E-state index is 0.256. The first kappa shape index (κ1) is 20.9. The van der Waals surface area contributed by atoms with E-state index in [1.165, 1.54) is 24.7 Å². The summed E-state index contributed by atoms with van der Waals surface area (Å²) in [5.74, 6) is -0.252. The van der Waals surface area contributed by atoms with Gasteiger partial charge in [0, 0.05) is 17.8 Å². The molecule has 7 heteroatoms. The van der Waals surface area contributed by atoms with Crippen LogP contribution >= 0.6 is 0 Å². The highest BCUT2D eigenvalue weighted by atomic mass is 19.1. The van der Waals surface area contributed by atoms with Gasteiger partial charge >= 0.3 is 0 Å². The number of aliphatic imine (C=N–C) groups is 1. The molecule has 33 heavy (non-hydrogen) atoms. The number of anilines is 1. The van der Waals surface area contributed by atoms with E-state index in [1.54, 1.807) is 18.2 Å². The molecule has 0 spiro atoms. The Kier molecular flexibility index (Phi) is 5.40. The van der Waals surface area contributed by atoms with Crippen molar-refractivity contribution in [3.63, 3.8) is 0 Å². The lowest BCUT2D eigenvalue weighted by atomic mass is 9.90. The largest absolute Gasteiger partial charge is 0.458 e. The van der Waals surface area contributed by atoms with Crippen LogP contribution in [0.2, 0.25) is 0 Å². The van der Waals surface area contributed by atoms with Gasteiger partial charge in [-0.1, -0.05) is 18.2 Å². The third-order valence-corrected chi connectivity index (χ3v) is 5.49. The number of nitrogens with zero attached hydrogens (tertiary/aromatic N) is 2. The summed E-state index contributed by atoms with van der Waals surface area (Å²) in [6, 6.07) is 17.6. The number of amides is 1. The summed E-state index contributed by atoms with van der Waals surface area (Å²) in [5.41, 5.74) is 4.26. The fraction of sp³-hybridized carbons (Fsp3) is 0.154. The molecule has 0 saturated heterocycles. The average molecular weight is 443 g/mol. The lowest BCUT2D eigenvalue weighted by Gasteiger charge is -2.17. The van der Waals surface area contributed by atoms with Crippen molar-refractivity contribution in [3.05, 3.63) is 95.7 Å². The topological polar surface area (TPSA) is 63.2 Å². The first-order valence-corrected chi connectivity index (χ1v) is 10.5. The molecule has 1 N–H and O–H groups in total. The van der Waals surface area contributed by atoms with E-state index < -0.39 is 11.7 Å². The summed E-state index contributed by atoms with van der Waals surface area (Å²) in [7, 11) is 4.03. The van der Waals surface area contributed by atoms with Crippen LogP contribution in [-0.4, -0.2) is 30.6 Å². The van der Waals surface area contributed by atoms with Crippen molar-refractivity contribution < 1.29 is 18.7 Å². The summed E-state index contributed by atoms with van der Waals surface area (Å²) in [4.78, 5) is 20.0. The molecule has 1 amide bonds. The van der Waals surface area contributed by atoms with E-state index in [0.29, 0.717) is 39.7 Å². The number of hydrogen-bond acceptors (Lipinski definition) is 5. The summed E-state index contributed by atoms with van der Waals surface area (Å²) in [6.45, 7) is 0.816. The average Bonchev–Trinajstić information content (AvgIpc) is 3.12. The minimum Gasteiger partial charge on any atom is -0.458 e. The molecule has 6 nitrogen and oxygen atoms in total. The van der Waals surface area contributed by atoms with Crippen molar-refractivity contribution in [2.45, 2.75) is 12.5 Å². The van der Waals surface area contributed by atoms with E-state index in [4.69, 9.17) is 14.5 Å². The van der Waals surface area contributed by atoms with Crippen molar-refractivity contribution in [1.82, 2.24) is 4.90 Å². The summed E-state index contributed by atoms with van der Waals surface area (Å²) in [5, 5.41) is 2.78. The maximum atomic E-state index is 13.8. The Bertz CT molecular complexity index is 1280. The number of ether oxygens (including phenoxy) is 2. The number of hydrogen-bond donors (Lipinski definition) is 1. The molecule has 166 valence electrons. The minimum atomic E-state index is -0.694. The standard InChI is InChI=1S/C26H22FN3O3/c1-30(2)15-16-3-7-19(8-4-16)28-25(17-5-10-22-23(13-17)33-12-11-32-22)24-20-9-6-18(27)14-21(20)29-26(24)31/h3-14,24H,15H2,1-2H3,(H,29,31). The molecule has 2 aliphatic rings. The van der Waals surface area contributed by atoms with Gasteiger partial charge in [0.2, 0.25) is 5.91 Å². The highest BCUT2D eigenvalue weighted by Crippen LogP contribution is 2.39. The van der Waals surface area contributed by atoms with Crippen molar-refractivity contribution >= 4 is 23.0 Å². The van der Waals surface area contributed by atoms with Gasteiger partial charge in [0.25, 0.3) is 0 Å². The Balaban J connectivity index is 1.61. The SMILES string of the molecule is CN(C)Cc1ccc(N=C(c2ccc3c(c2)OC=CO3)C2C(=O)Nc3cc(F)ccc32)cc1. The number of fused-ring (bicyclic) bond motifs is 2. The number of rotatable bonds is 5. The van der Waals surface area contributed by atoms with Crippen molar-refractivity contribution in [2.75, 3.05) is 19.4 Å². The molecule has 0 saturated carbocycles. The zero-order valence-corrected chi connectivity index (χ0v) is 18.2. The maximum Gasteiger partial charge on any atom is 0.238 e. The zero-order chi connectivity index (χ0) is 22.9. The van der Waals surface area contributed by atoms with Gasteiger partial charge in [0.1, 0.15) is 24.3 Å². The third-order valence-electron chi connectivity index (χ3n) is 5.49. The van der Waals surface area contributed by atoms with Gasteiger partial charge in [-0.3, -0.25) is 9.79 Å². The summed E-state index contributed by atoms with van der Waals surface area (Å²) in [6.07, 6.45) is 2.91. The van der Waals surface area contributed by atoms with Crippen LogP contribution in [-0.2, 0) is 11.3 Å². The smallest absolute Gasteiger partial charge is 0.238 e. The second-order valence-electron chi connectivity index (χ2n) is 8.22. The Labute approximate surface area is 191 Å². The fourth-order valence-corrected chi connectivity index (χ4v) is 4.04. The first-order valence-electron chi connectivity index (χ1n) is 10.5. The third kappa shape index (κ3) is 4.23. The van der Waals surface area contributed by atoms with E-state index in [9.17, 15) is 9.18 Å². The quantitative estimate of drug-likeness (QED) is 0.565. The van der Waals surface area contributed by atoms with Crippen molar-refractivity contribution in [2.24, 2.45) is 4.99 Å². The molecule has 3 aromatic carbocycles. The summed E-state index contributed by atoms with van der Waals surface area (Å²) < 4.78 is 24.8. The van der Waals surface area contributed by atoms with Crippen LogP contribution in [0.15, 0.2) is 78.2 Å². The number of nitrogens with one attached hydrogen (secondary N) is 1. The molecule has 0 radical (unpaired) electrons. The highest BCUT2D eigenvalue weighted by Gasteiger charge is 2.36. The Morgan fingerprint density at radius 2 is 1.76 bits per heavy atom. The Morgan fingerprint density at radius 3 is 2.52 bits per heavy atom. The first-order chi connectivity index (χ1) is 16.0. The molecule has 1 atom stereocenters. The monoisotopic (exact) mass is 443 g/mol. The molecule has 0 aliphatic carbocycles. The van der Waals surface area contributed by atoms with Crippen molar-refractivity contribution in [1.29, 1.82) is 0 Å². The molecule has 3 aromatic rings. The second kappa shape index (κ2) is 8.52. The molecular formula is C26H22FN3O3. The molecule has 2 heterocycles. The van der Waals surface area contributed by atoms with Gasteiger partial charge in [-0.2, -0.15) is 0 Å². The molecular weight excluding hydrogens is 421 g/mol. The number of halogens is 1. The van der Waals surface area contributed by atoms with E-state index in [-0.39, 0.29) is 5.91 Å². The van der Waals surface area contributed by atoms with Gasteiger partial charge in [-0.25, -0.2) is 4.39 Å². The number of carbonyl (C=O) groups is 1. The van der Waals surface area contributed by atoms with Crippen LogP contribution in [0.3, 0.4) is 0 Å². The molecule has 2 aliphatic heterocycles. The lowest BCUT2D eigenvalue weighted by molar-refractivity contribution is -0.115. The molecule has 0 fully saturated rings. The predicted octanol–water partition coefficient (Wildman–Crippen LogP) is 4.99. The molecule has 5 rings (SSSR count). The highest BCUT2D eigenvalue weighted by molar-refractivity contribution is 6.24. The van der Waals surface area contributed by atoms with E-state index >= 15 is 0 Å². The normalized spacial score (nSPS) is 16.7. The van der Waals surface area contributed by atoms with Crippen LogP contribution in [0.4, 0.5) is 15.8 Å². The van der Waals surface area contributed by atoms with Crippen molar-refractivity contribution in [3.8, 4) is 11.5 Å². The molecule has 1 unspecified atom stereocenters. The van der Waals surface area contributed by atoms with Gasteiger partial charge in [-0.15, -0.1) is 0 Å². The number of benzene rings is 3. The maximum absolute atomic E-state index is 13.8. The van der Waals surface area contributed by atoms with Gasteiger partial charge in [0.15, 0.2) is 11.5 Å². The van der Waals surface area contributed by atoms with Gasteiger partial charge in [0.05, 0.1) is 11.4 Å². The zero-order valence-electron chi connectivity index (χ0n) is 18.2. The summed E-state index contributed by atoms with van der Waals surface area (Å²) >= 11 is 0. The number of carbonyl (C=O) groups excluding carboxylic acids is 1. The van der Waals surface area contributed by atoms with Crippen LogP contribution in [0.5, 0.6) is 11.5 Å².